The lowest BCUT2D eigenvalue weighted by Crippen LogP contribution is -2.06. The fraction of sp³-hybridized carbons (Fsp3) is 0.0769. The number of halogens is 1. The molecular weight excluding hydrogens is 268 g/mol. The molecule has 2 aromatic rings. The van der Waals surface area contributed by atoms with Gasteiger partial charge in [0.1, 0.15) is 0 Å². The normalized spacial score (nSPS) is 10.8. The van der Waals surface area contributed by atoms with Gasteiger partial charge in [-0.05, 0) is 30.7 Å². The molecule has 0 saturated carbocycles. The van der Waals surface area contributed by atoms with Crippen molar-refractivity contribution in [3.8, 4) is 0 Å². The summed E-state index contributed by atoms with van der Waals surface area (Å²) in [5.74, 6) is -0.204. The van der Waals surface area contributed by atoms with Crippen molar-refractivity contribution in [2.24, 2.45) is 0 Å². The molecule has 0 bridgehead atoms. The molecule has 1 aromatic carbocycles. The number of hydrogen-bond acceptors (Lipinski definition) is 3. The molecule has 0 saturated heterocycles. The van der Waals surface area contributed by atoms with Crippen LogP contribution in [0, 0.1) is 6.92 Å². The predicted octanol–water partition coefficient (Wildman–Crippen LogP) is 3.76. The number of nitrogens with zero attached hydrogens (tertiary/aromatic N) is 1. The number of carbonyl (C=O) groups is 1. The van der Waals surface area contributed by atoms with Crippen LogP contribution in [0.5, 0.6) is 0 Å². The van der Waals surface area contributed by atoms with Gasteiger partial charge in [0.15, 0.2) is 5.13 Å². The Labute approximate surface area is 114 Å². The zero-order chi connectivity index (χ0) is 13.0. The van der Waals surface area contributed by atoms with E-state index < -0.39 is 0 Å². The standard InChI is InChI=1S/C13H11ClN2OS/c1-9-8-15-13(18-9)16-12(17)6-5-10-3-2-4-11(14)7-10/h2-8H,1H3,(H,15,16,17)/b6-5+. The van der Waals surface area contributed by atoms with Crippen LogP contribution in [0.3, 0.4) is 0 Å². The first-order valence-corrected chi connectivity index (χ1v) is 6.50. The molecule has 0 radical (unpaired) electrons. The zero-order valence-electron chi connectivity index (χ0n) is 9.68. The summed E-state index contributed by atoms with van der Waals surface area (Å²) >= 11 is 7.29. The Morgan fingerprint density at radius 2 is 2.33 bits per heavy atom. The van der Waals surface area contributed by atoms with E-state index in [4.69, 9.17) is 11.6 Å². The van der Waals surface area contributed by atoms with Crippen LogP contribution in [0.1, 0.15) is 10.4 Å². The van der Waals surface area contributed by atoms with Crippen LogP contribution in [0.4, 0.5) is 5.13 Å². The number of nitrogens with one attached hydrogen (secondary N) is 1. The van der Waals surface area contributed by atoms with Crippen LogP contribution in [0.25, 0.3) is 6.08 Å². The Balaban J connectivity index is 1.99. The maximum atomic E-state index is 11.6. The highest BCUT2D eigenvalue weighted by molar-refractivity contribution is 7.15. The van der Waals surface area contributed by atoms with E-state index in [1.165, 1.54) is 17.4 Å². The molecule has 18 heavy (non-hydrogen) atoms. The van der Waals surface area contributed by atoms with Gasteiger partial charge in [-0.3, -0.25) is 10.1 Å². The molecule has 1 aromatic heterocycles. The second kappa shape index (κ2) is 5.80. The van der Waals surface area contributed by atoms with Gasteiger partial charge in [-0.1, -0.05) is 23.7 Å². The molecule has 0 atom stereocenters. The van der Waals surface area contributed by atoms with Crippen LogP contribution in [0.15, 0.2) is 36.5 Å². The Hall–Kier alpha value is -1.65. The highest BCUT2D eigenvalue weighted by Gasteiger charge is 2.01. The summed E-state index contributed by atoms with van der Waals surface area (Å²) in [5, 5.41) is 3.95. The van der Waals surface area contributed by atoms with Crippen molar-refractivity contribution in [3.63, 3.8) is 0 Å². The molecule has 0 aliphatic rings. The minimum Gasteiger partial charge on any atom is -0.298 e. The molecule has 1 N–H and O–H groups in total. The topological polar surface area (TPSA) is 42.0 Å². The Kier molecular flexibility index (Phi) is 4.12. The van der Waals surface area contributed by atoms with E-state index in [0.717, 1.165) is 10.4 Å². The molecule has 1 amide bonds. The summed E-state index contributed by atoms with van der Waals surface area (Å²) in [7, 11) is 0. The fourth-order valence-electron chi connectivity index (χ4n) is 1.34. The maximum Gasteiger partial charge on any atom is 0.250 e. The Morgan fingerprint density at radius 1 is 1.50 bits per heavy atom. The quantitative estimate of drug-likeness (QED) is 0.869. The van der Waals surface area contributed by atoms with Gasteiger partial charge >= 0.3 is 0 Å². The second-order valence-corrected chi connectivity index (χ2v) is 5.32. The van der Waals surface area contributed by atoms with Crippen molar-refractivity contribution in [2.75, 3.05) is 5.32 Å². The third-order valence-electron chi connectivity index (χ3n) is 2.13. The Morgan fingerprint density at radius 3 is 3.00 bits per heavy atom. The van der Waals surface area contributed by atoms with Gasteiger partial charge in [0.2, 0.25) is 5.91 Å². The number of amides is 1. The van der Waals surface area contributed by atoms with Crippen LogP contribution >= 0.6 is 22.9 Å². The van der Waals surface area contributed by atoms with E-state index in [0.29, 0.717) is 10.2 Å². The number of hydrogen-bond donors (Lipinski definition) is 1. The van der Waals surface area contributed by atoms with Crippen molar-refractivity contribution >= 4 is 40.1 Å². The van der Waals surface area contributed by atoms with E-state index in [1.54, 1.807) is 24.4 Å². The average Bonchev–Trinajstić information content (AvgIpc) is 2.72. The van der Waals surface area contributed by atoms with E-state index in [1.807, 2.05) is 19.1 Å². The van der Waals surface area contributed by atoms with Gasteiger partial charge in [0.25, 0.3) is 0 Å². The molecule has 92 valence electrons. The minimum absolute atomic E-state index is 0.204. The van der Waals surface area contributed by atoms with Gasteiger partial charge < -0.3 is 0 Å². The summed E-state index contributed by atoms with van der Waals surface area (Å²) in [6.07, 6.45) is 4.89. The number of aromatic nitrogens is 1. The van der Waals surface area contributed by atoms with Crippen molar-refractivity contribution in [1.82, 2.24) is 4.98 Å². The molecule has 5 heteroatoms. The molecule has 0 aliphatic heterocycles. The van der Waals surface area contributed by atoms with Gasteiger partial charge in [0.05, 0.1) is 0 Å². The number of carbonyl (C=O) groups excluding carboxylic acids is 1. The highest BCUT2D eigenvalue weighted by Crippen LogP contribution is 2.16. The van der Waals surface area contributed by atoms with Crippen molar-refractivity contribution in [3.05, 3.63) is 52.0 Å². The minimum atomic E-state index is -0.204. The third kappa shape index (κ3) is 3.68. The van der Waals surface area contributed by atoms with Crippen LogP contribution < -0.4 is 5.32 Å². The molecular formula is C13H11ClN2OS. The molecule has 0 aliphatic carbocycles. The number of benzene rings is 1. The third-order valence-corrected chi connectivity index (χ3v) is 3.19. The molecule has 1 heterocycles. The maximum absolute atomic E-state index is 11.6. The SMILES string of the molecule is Cc1cnc(NC(=O)/C=C/c2cccc(Cl)c2)s1. The van der Waals surface area contributed by atoms with Gasteiger partial charge in [-0.25, -0.2) is 4.98 Å². The number of aryl methyl sites for hydroxylation is 1. The summed E-state index contributed by atoms with van der Waals surface area (Å²) in [6.45, 7) is 1.94. The summed E-state index contributed by atoms with van der Waals surface area (Å²) in [5.41, 5.74) is 0.882. The number of anilines is 1. The first-order valence-electron chi connectivity index (χ1n) is 5.30. The molecule has 0 fully saturated rings. The first kappa shape index (κ1) is 12.8. The molecule has 3 nitrogen and oxygen atoms in total. The van der Waals surface area contributed by atoms with Crippen molar-refractivity contribution in [1.29, 1.82) is 0 Å². The van der Waals surface area contributed by atoms with Gasteiger partial charge in [-0.15, -0.1) is 11.3 Å². The largest absolute Gasteiger partial charge is 0.298 e. The van der Waals surface area contributed by atoms with Crippen LogP contribution in [-0.2, 0) is 4.79 Å². The molecule has 0 unspecified atom stereocenters. The van der Waals surface area contributed by atoms with E-state index in [-0.39, 0.29) is 5.91 Å². The smallest absolute Gasteiger partial charge is 0.250 e. The van der Waals surface area contributed by atoms with E-state index in [2.05, 4.69) is 10.3 Å². The molecule has 0 spiro atoms. The fourth-order valence-corrected chi connectivity index (χ4v) is 2.21. The van der Waals surface area contributed by atoms with Gasteiger partial charge in [-0.2, -0.15) is 0 Å². The summed E-state index contributed by atoms with van der Waals surface area (Å²) in [4.78, 5) is 16.7. The highest BCUT2D eigenvalue weighted by atomic mass is 35.5. The van der Waals surface area contributed by atoms with Gasteiger partial charge in [0, 0.05) is 22.2 Å². The molecule has 2 rings (SSSR count). The lowest BCUT2D eigenvalue weighted by Gasteiger charge is -1.96. The lowest BCUT2D eigenvalue weighted by atomic mass is 10.2. The van der Waals surface area contributed by atoms with Crippen LogP contribution in [-0.4, -0.2) is 10.9 Å². The predicted molar refractivity (Wildman–Crippen MR) is 76.0 cm³/mol. The monoisotopic (exact) mass is 278 g/mol. The van der Waals surface area contributed by atoms with E-state index >= 15 is 0 Å². The summed E-state index contributed by atoms with van der Waals surface area (Å²) < 4.78 is 0. The van der Waals surface area contributed by atoms with E-state index in [9.17, 15) is 4.79 Å². The number of rotatable bonds is 3. The lowest BCUT2D eigenvalue weighted by molar-refractivity contribution is -0.111. The van der Waals surface area contributed by atoms with Crippen molar-refractivity contribution < 1.29 is 4.79 Å². The average molecular weight is 279 g/mol. The Bertz CT molecular complexity index is 592. The first-order chi connectivity index (χ1) is 8.63. The van der Waals surface area contributed by atoms with Crippen LogP contribution in [0.2, 0.25) is 5.02 Å². The second-order valence-electron chi connectivity index (χ2n) is 3.65. The van der Waals surface area contributed by atoms with Crippen molar-refractivity contribution in [2.45, 2.75) is 6.92 Å². The number of thiazole rings is 1. The zero-order valence-corrected chi connectivity index (χ0v) is 11.3. The summed E-state index contributed by atoms with van der Waals surface area (Å²) in [6, 6.07) is 7.30.